The van der Waals surface area contributed by atoms with Gasteiger partial charge in [0.25, 0.3) is 0 Å². The second-order valence-corrected chi connectivity index (χ2v) is 5.89. The predicted molar refractivity (Wildman–Crippen MR) is 90.7 cm³/mol. The smallest absolute Gasteiger partial charge is 0.119 e. The van der Waals surface area contributed by atoms with Crippen molar-refractivity contribution in [2.75, 3.05) is 21.2 Å². The van der Waals surface area contributed by atoms with Crippen molar-refractivity contribution in [3.63, 3.8) is 0 Å². The monoisotopic (exact) mass is 290 g/mol. The zero-order valence-corrected chi connectivity index (χ0v) is 13.9. The largest absolute Gasteiger partial charge is 0.497 e. The van der Waals surface area contributed by atoms with E-state index in [1.807, 2.05) is 24.3 Å². The van der Waals surface area contributed by atoms with Gasteiger partial charge in [0.05, 0.1) is 12.6 Å². The van der Waals surface area contributed by atoms with Crippen molar-refractivity contribution in [2.45, 2.75) is 44.2 Å². The minimum absolute atomic E-state index is 0.266. The Hall–Kier alpha value is -1.32. The van der Waals surface area contributed by atoms with E-state index in [1.165, 1.54) is 12.8 Å². The first-order valence-corrected chi connectivity index (χ1v) is 7.70. The van der Waals surface area contributed by atoms with Gasteiger partial charge in [-0.3, -0.25) is 0 Å². The number of hydrogen-bond donors (Lipinski definition) is 1. The molecule has 0 aliphatic rings. The van der Waals surface area contributed by atoms with Gasteiger partial charge < -0.3 is 15.4 Å². The van der Waals surface area contributed by atoms with Crippen molar-refractivity contribution in [1.82, 2.24) is 4.90 Å². The highest BCUT2D eigenvalue weighted by Crippen LogP contribution is 2.33. The van der Waals surface area contributed by atoms with Gasteiger partial charge in [-0.2, -0.15) is 0 Å². The molecule has 0 fully saturated rings. The van der Waals surface area contributed by atoms with Crippen LogP contribution in [0.2, 0.25) is 0 Å². The molecule has 3 heteroatoms. The highest BCUT2D eigenvalue weighted by atomic mass is 16.5. The maximum absolute atomic E-state index is 6.87. The molecule has 0 aliphatic carbocycles. The number of likely N-dealkylation sites (N-methyl/N-ethyl adjacent to an activating group) is 1. The van der Waals surface area contributed by atoms with Crippen LogP contribution in [0.25, 0.3) is 0 Å². The average molecular weight is 290 g/mol. The zero-order chi connectivity index (χ0) is 15.9. The summed E-state index contributed by atoms with van der Waals surface area (Å²) in [6, 6.07) is 8.36. The summed E-state index contributed by atoms with van der Waals surface area (Å²) in [4.78, 5) is 2.23. The third kappa shape index (κ3) is 4.32. The van der Waals surface area contributed by atoms with Crippen LogP contribution >= 0.6 is 0 Å². The molecule has 0 saturated heterocycles. The van der Waals surface area contributed by atoms with Crippen LogP contribution in [0.15, 0.2) is 36.9 Å². The van der Waals surface area contributed by atoms with Gasteiger partial charge in [-0.1, -0.05) is 38.0 Å². The van der Waals surface area contributed by atoms with Crippen LogP contribution in [0.1, 0.15) is 38.2 Å². The van der Waals surface area contributed by atoms with Crippen molar-refractivity contribution in [3.05, 3.63) is 42.5 Å². The highest BCUT2D eigenvalue weighted by molar-refractivity contribution is 5.35. The second-order valence-electron chi connectivity index (χ2n) is 5.89. The molecular weight excluding hydrogens is 260 g/mol. The lowest BCUT2D eigenvalue weighted by molar-refractivity contribution is 0.162. The fourth-order valence-corrected chi connectivity index (χ4v) is 2.97. The second kappa shape index (κ2) is 8.20. The summed E-state index contributed by atoms with van der Waals surface area (Å²) in [6.45, 7) is 6.12. The molecule has 3 nitrogen and oxygen atoms in total. The Balaban J connectivity index is 3.22. The Kier molecular flexibility index (Phi) is 6.93. The maximum Gasteiger partial charge on any atom is 0.119 e. The van der Waals surface area contributed by atoms with Gasteiger partial charge in [0, 0.05) is 6.04 Å². The number of methoxy groups -OCH3 is 1. The van der Waals surface area contributed by atoms with E-state index in [-0.39, 0.29) is 6.04 Å². The summed E-state index contributed by atoms with van der Waals surface area (Å²) in [5, 5.41) is 0. The van der Waals surface area contributed by atoms with Gasteiger partial charge >= 0.3 is 0 Å². The first kappa shape index (κ1) is 17.7. The third-order valence-corrected chi connectivity index (χ3v) is 4.14. The van der Waals surface area contributed by atoms with E-state index >= 15 is 0 Å². The molecule has 1 rings (SSSR count). The van der Waals surface area contributed by atoms with Crippen molar-refractivity contribution in [1.29, 1.82) is 0 Å². The number of nitrogens with two attached hydrogens (primary N) is 1. The molecule has 0 bridgehead atoms. The Morgan fingerprint density at radius 3 is 2.67 bits per heavy atom. The van der Waals surface area contributed by atoms with Crippen LogP contribution < -0.4 is 10.5 Å². The van der Waals surface area contributed by atoms with E-state index < -0.39 is 5.54 Å². The van der Waals surface area contributed by atoms with E-state index in [4.69, 9.17) is 10.5 Å². The summed E-state index contributed by atoms with van der Waals surface area (Å²) in [7, 11) is 5.89. The number of benzene rings is 1. The molecule has 0 radical (unpaired) electrons. The third-order valence-electron chi connectivity index (χ3n) is 4.14. The minimum Gasteiger partial charge on any atom is -0.497 e. The Bertz CT molecular complexity index is 445. The topological polar surface area (TPSA) is 38.5 Å². The normalized spacial score (nSPS) is 15.5. The van der Waals surface area contributed by atoms with Gasteiger partial charge in [0.1, 0.15) is 5.75 Å². The van der Waals surface area contributed by atoms with Gasteiger partial charge in [0.2, 0.25) is 0 Å². The Labute approximate surface area is 129 Å². The van der Waals surface area contributed by atoms with Crippen LogP contribution in [0.5, 0.6) is 5.75 Å². The first-order valence-electron chi connectivity index (χ1n) is 7.70. The highest BCUT2D eigenvalue weighted by Gasteiger charge is 2.36. The fourth-order valence-electron chi connectivity index (χ4n) is 2.97. The van der Waals surface area contributed by atoms with Crippen LogP contribution in [0.4, 0.5) is 0 Å². The van der Waals surface area contributed by atoms with E-state index in [0.29, 0.717) is 0 Å². The Morgan fingerprint density at radius 1 is 1.43 bits per heavy atom. The molecule has 2 atom stereocenters. The maximum atomic E-state index is 6.87. The summed E-state index contributed by atoms with van der Waals surface area (Å²) in [5.74, 6) is 0.847. The predicted octanol–water partition coefficient (Wildman–Crippen LogP) is 3.55. The van der Waals surface area contributed by atoms with Crippen LogP contribution in [-0.4, -0.2) is 32.1 Å². The molecule has 2 N–H and O–H groups in total. The van der Waals surface area contributed by atoms with Gasteiger partial charge in [-0.25, -0.2) is 0 Å². The van der Waals surface area contributed by atoms with Crippen molar-refractivity contribution in [2.24, 2.45) is 5.73 Å². The number of nitrogens with zero attached hydrogens (tertiary/aromatic N) is 1. The molecule has 21 heavy (non-hydrogen) atoms. The quantitative estimate of drug-likeness (QED) is 0.707. The van der Waals surface area contributed by atoms with E-state index in [2.05, 4.69) is 38.6 Å². The molecule has 118 valence electrons. The number of rotatable bonds is 9. The summed E-state index contributed by atoms with van der Waals surface area (Å²) in [6.07, 6.45) is 6.08. The first-order chi connectivity index (χ1) is 9.99. The fraction of sp³-hybridized carbons (Fsp3) is 0.556. The zero-order valence-electron chi connectivity index (χ0n) is 13.9. The molecule has 0 aliphatic heterocycles. The minimum atomic E-state index is -0.449. The van der Waals surface area contributed by atoms with E-state index in [1.54, 1.807) is 7.11 Å². The molecule has 0 heterocycles. The van der Waals surface area contributed by atoms with Crippen LogP contribution in [-0.2, 0) is 5.54 Å². The van der Waals surface area contributed by atoms with Crippen LogP contribution in [0, 0.1) is 0 Å². The lowest BCUT2D eigenvalue weighted by atomic mass is 9.78. The summed E-state index contributed by atoms with van der Waals surface area (Å²) < 4.78 is 5.35. The molecular formula is C18H30N2O. The number of hydrogen-bond acceptors (Lipinski definition) is 3. The SMILES string of the molecule is C=CCC(N)(c1cccc(OC)c1)C(CCCC)N(C)C. The van der Waals surface area contributed by atoms with Crippen molar-refractivity contribution < 1.29 is 4.74 Å². The number of ether oxygens (including phenoxy) is 1. The van der Waals surface area contributed by atoms with Gasteiger partial charge in [0.15, 0.2) is 0 Å². The molecule has 0 aromatic heterocycles. The molecule has 1 aromatic carbocycles. The molecule has 1 aromatic rings. The summed E-state index contributed by atoms with van der Waals surface area (Å²) >= 11 is 0. The van der Waals surface area contributed by atoms with Crippen molar-refractivity contribution >= 4 is 0 Å². The average Bonchev–Trinajstić information content (AvgIpc) is 2.47. The molecule has 0 amide bonds. The summed E-state index contributed by atoms with van der Waals surface area (Å²) in [5.41, 5.74) is 7.53. The van der Waals surface area contributed by atoms with E-state index in [9.17, 15) is 0 Å². The van der Waals surface area contributed by atoms with E-state index in [0.717, 1.165) is 24.2 Å². The lowest BCUT2D eigenvalue weighted by Gasteiger charge is -2.41. The van der Waals surface area contributed by atoms with Crippen molar-refractivity contribution in [3.8, 4) is 5.75 Å². The van der Waals surface area contributed by atoms with Gasteiger partial charge in [-0.05, 0) is 44.6 Å². The Morgan fingerprint density at radius 2 is 2.14 bits per heavy atom. The van der Waals surface area contributed by atoms with Crippen LogP contribution in [0.3, 0.4) is 0 Å². The van der Waals surface area contributed by atoms with Gasteiger partial charge in [-0.15, -0.1) is 6.58 Å². The molecule has 2 unspecified atom stereocenters. The standard InChI is InChI=1S/C18H30N2O/c1-6-8-12-17(20(3)4)18(19,13-7-2)15-10-9-11-16(14-15)21-5/h7,9-11,14,17H,2,6,8,12-13,19H2,1,3-5H3. The number of unbranched alkanes of at least 4 members (excludes halogenated alkanes) is 1. The molecule has 0 spiro atoms. The lowest BCUT2D eigenvalue weighted by Crippen LogP contribution is -2.54. The molecule has 0 saturated carbocycles.